The highest BCUT2D eigenvalue weighted by molar-refractivity contribution is 6.43. The van der Waals surface area contributed by atoms with Crippen LogP contribution in [0.4, 0.5) is 5.69 Å². The number of nitrogens with two attached hydrogens (primary N) is 1. The summed E-state index contributed by atoms with van der Waals surface area (Å²) in [6.07, 6.45) is 0.894. The van der Waals surface area contributed by atoms with Crippen molar-refractivity contribution in [2.24, 2.45) is 23.0 Å². The predicted octanol–water partition coefficient (Wildman–Crippen LogP) is 1.54. The number of primary amides is 1. The van der Waals surface area contributed by atoms with Crippen molar-refractivity contribution < 1.29 is 19.5 Å². The molecule has 1 spiro atoms. The highest BCUT2D eigenvalue weighted by atomic mass is 35.5. The largest absolute Gasteiger partial charge is 0.481 e. The molecule has 1 aliphatic carbocycles. The summed E-state index contributed by atoms with van der Waals surface area (Å²) >= 11 is 12.4. The first-order chi connectivity index (χ1) is 14.6. The van der Waals surface area contributed by atoms with Gasteiger partial charge in [0.1, 0.15) is 6.04 Å². The lowest BCUT2D eigenvalue weighted by Gasteiger charge is -2.44. The second-order valence-corrected chi connectivity index (χ2v) is 9.70. The van der Waals surface area contributed by atoms with Crippen molar-refractivity contribution in [2.75, 3.05) is 44.7 Å². The molecule has 0 aromatic heterocycles. The highest BCUT2D eigenvalue weighted by Crippen LogP contribution is 2.59. The zero-order valence-corrected chi connectivity index (χ0v) is 18.8. The van der Waals surface area contributed by atoms with E-state index in [9.17, 15) is 19.5 Å². The number of carboxylic acids is 1. The molecule has 3 fully saturated rings. The molecule has 168 valence electrons. The number of anilines is 1. The van der Waals surface area contributed by atoms with Gasteiger partial charge in [-0.05, 0) is 37.4 Å². The first kappa shape index (κ1) is 22.2. The van der Waals surface area contributed by atoms with Crippen molar-refractivity contribution in [2.45, 2.75) is 18.9 Å². The van der Waals surface area contributed by atoms with Gasteiger partial charge in [-0.25, -0.2) is 0 Å². The molecular weight excluding hydrogens is 443 g/mol. The van der Waals surface area contributed by atoms with Crippen LogP contribution in [0.25, 0.3) is 0 Å². The zero-order chi connectivity index (χ0) is 22.5. The minimum absolute atomic E-state index is 0.183. The summed E-state index contributed by atoms with van der Waals surface area (Å²) < 4.78 is 0. The number of likely N-dealkylation sites (tertiary alicyclic amines) is 1. The predicted molar refractivity (Wildman–Crippen MR) is 117 cm³/mol. The van der Waals surface area contributed by atoms with E-state index in [1.54, 1.807) is 22.9 Å². The van der Waals surface area contributed by atoms with E-state index in [1.165, 1.54) is 0 Å². The number of carbonyl (C=O) groups excluding carboxylic acids is 2. The zero-order valence-electron chi connectivity index (χ0n) is 17.3. The molecule has 3 aliphatic rings. The summed E-state index contributed by atoms with van der Waals surface area (Å²) in [5, 5.41) is 10.8. The fourth-order valence-corrected chi connectivity index (χ4v) is 5.76. The van der Waals surface area contributed by atoms with Gasteiger partial charge in [0.15, 0.2) is 0 Å². The Morgan fingerprint density at radius 1 is 1.13 bits per heavy atom. The number of nitrogens with zero attached hydrogens (tertiary/aromatic N) is 3. The minimum atomic E-state index is -1.01. The number of hydrogen-bond donors (Lipinski definition) is 2. The van der Waals surface area contributed by atoms with Crippen LogP contribution in [0.3, 0.4) is 0 Å². The first-order valence-electron chi connectivity index (χ1n) is 10.3. The Morgan fingerprint density at radius 3 is 2.39 bits per heavy atom. The Labute approximate surface area is 190 Å². The number of amides is 2. The summed E-state index contributed by atoms with van der Waals surface area (Å²) in [5.41, 5.74) is 5.87. The van der Waals surface area contributed by atoms with Gasteiger partial charge in [0.2, 0.25) is 11.8 Å². The van der Waals surface area contributed by atoms with E-state index < -0.39 is 29.3 Å². The summed E-state index contributed by atoms with van der Waals surface area (Å²) in [6, 6.07) is 4.71. The minimum Gasteiger partial charge on any atom is -0.481 e. The van der Waals surface area contributed by atoms with Gasteiger partial charge in [0.25, 0.3) is 0 Å². The van der Waals surface area contributed by atoms with E-state index in [2.05, 4.69) is 4.90 Å². The SMILES string of the molecule is CN1CC2(CC(C(=O)O)C1C(=O)N1CCN(c3cccc(Cl)c3Cl)CC1)CC2C(N)=O. The number of aliphatic carboxylic acids is 1. The molecule has 4 atom stereocenters. The van der Waals surface area contributed by atoms with Crippen LogP contribution in [-0.2, 0) is 14.4 Å². The van der Waals surface area contributed by atoms with E-state index in [0.717, 1.165) is 5.69 Å². The summed E-state index contributed by atoms with van der Waals surface area (Å²) in [7, 11) is 1.76. The highest BCUT2D eigenvalue weighted by Gasteiger charge is 2.63. The quantitative estimate of drug-likeness (QED) is 0.693. The van der Waals surface area contributed by atoms with Crippen molar-refractivity contribution in [3.05, 3.63) is 28.2 Å². The van der Waals surface area contributed by atoms with Gasteiger partial charge in [-0.2, -0.15) is 0 Å². The molecule has 0 radical (unpaired) electrons. The number of benzene rings is 1. The second kappa shape index (κ2) is 8.15. The monoisotopic (exact) mass is 468 g/mol. The van der Waals surface area contributed by atoms with Crippen molar-refractivity contribution in [3.63, 3.8) is 0 Å². The van der Waals surface area contributed by atoms with E-state index >= 15 is 0 Å². The molecule has 2 heterocycles. The van der Waals surface area contributed by atoms with E-state index in [-0.39, 0.29) is 11.8 Å². The molecule has 1 aromatic carbocycles. The van der Waals surface area contributed by atoms with Crippen LogP contribution in [0.5, 0.6) is 0 Å². The Kier molecular flexibility index (Phi) is 5.83. The molecule has 0 bridgehead atoms. The summed E-state index contributed by atoms with van der Waals surface area (Å²) in [4.78, 5) is 42.6. The van der Waals surface area contributed by atoms with Crippen LogP contribution < -0.4 is 10.6 Å². The van der Waals surface area contributed by atoms with Crippen LogP contribution in [0.2, 0.25) is 10.0 Å². The van der Waals surface area contributed by atoms with Gasteiger partial charge in [-0.3, -0.25) is 19.3 Å². The molecule has 3 N–H and O–H groups in total. The normalized spacial score (nSPS) is 31.0. The number of likely N-dealkylation sites (N-methyl/N-ethyl adjacent to an activating group) is 1. The number of rotatable bonds is 4. The Hall–Kier alpha value is -2.03. The smallest absolute Gasteiger partial charge is 0.308 e. The van der Waals surface area contributed by atoms with E-state index in [1.807, 2.05) is 12.1 Å². The maximum absolute atomic E-state index is 13.4. The maximum Gasteiger partial charge on any atom is 0.308 e. The van der Waals surface area contributed by atoms with E-state index in [4.69, 9.17) is 28.9 Å². The van der Waals surface area contributed by atoms with Gasteiger partial charge in [0, 0.05) is 38.6 Å². The molecular formula is C21H26Cl2N4O4. The molecule has 10 heteroatoms. The molecule has 1 saturated carbocycles. The van der Waals surface area contributed by atoms with Gasteiger partial charge in [0.05, 0.1) is 21.7 Å². The van der Waals surface area contributed by atoms with Crippen molar-refractivity contribution in [1.82, 2.24) is 9.80 Å². The average Bonchev–Trinajstić information content (AvgIpc) is 3.42. The molecule has 2 aliphatic heterocycles. The number of carbonyl (C=O) groups is 3. The van der Waals surface area contributed by atoms with E-state index in [0.29, 0.717) is 55.6 Å². The van der Waals surface area contributed by atoms with Gasteiger partial charge in [-0.1, -0.05) is 29.3 Å². The Balaban J connectivity index is 1.45. The number of piperidine rings is 1. The van der Waals surface area contributed by atoms with Crippen LogP contribution in [0.1, 0.15) is 12.8 Å². The lowest BCUT2D eigenvalue weighted by Crippen LogP contribution is -2.60. The molecule has 4 unspecified atom stereocenters. The van der Waals surface area contributed by atoms with Crippen LogP contribution in [0, 0.1) is 17.3 Å². The summed E-state index contributed by atoms with van der Waals surface area (Å²) in [5.74, 6) is -2.76. The van der Waals surface area contributed by atoms with Gasteiger partial charge in [-0.15, -0.1) is 0 Å². The van der Waals surface area contributed by atoms with Gasteiger partial charge < -0.3 is 20.6 Å². The third kappa shape index (κ3) is 3.97. The first-order valence-corrected chi connectivity index (χ1v) is 11.1. The standard InChI is InChI=1S/C21H26Cl2N4O4/c1-25-11-21(10-13(21)18(24)28)9-12(20(30)31)17(25)19(29)27-7-5-26(6-8-27)15-4-2-3-14(22)16(15)23/h2-4,12-13,17H,5-11H2,1H3,(H2,24,28)(H,30,31). The van der Waals surface area contributed by atoms with Crippen molar-refractivity contribution in [3.8, 4) is 0 Å². The molecule has 2 saturated heterocycles. The Morgan fingerprint density at radius 2 is 1.81 bits per heavy atom. The molecule has 8 nitrogen and oxygen atoms in total. The average molecular weight is 469 g/mol. The lowest BCUT2D eigenvalue weighted by molar-refractivity contribution is -0.156. The molecule has 1 aromatic rings. The van der Waals surface area contributed by atoms with Crippen molar-refractivity contribution in [1.29, 1.82) is 0 Å². The number of hydrogen-bond acceptors (Lipinski definition) is 5. The lowest BCUT2D eigenvalue weighted by atomic mass is 9.79. The number of piperazine rings is 1. The van der Waals surface area contributed by atoms with Crippen LogP contribution >= 0.6 is 23.2 Å². The van der Waals surface area contributed by atoms with Gasteiger partial charge >= 0.3 is 5.97 Å². The second-order valence-electron chi connectivity index (χ2n) is 8.92. The fraction of sp³-hybridized carbons (Fsp3) is 0.571. The number of halogens is 2. The van der Waals surface area contributed by atoms with Crippen molar-refractivity contribution >= 4 is 46.7 Å². The number of carboxylic acid groups (broad SMARTS) is 1. The Bertz CT molecular complexity index is 921. The summed E-state index contributed by atoms with van der Waals surface area (Å²) in [6.45, 7) is 2.58. The third-order valence-electron chi connectivity index (χ3n) is 7.01. The molecule has 31 heavy (non-hydrogen) atoms. The molecule has 4 rings (SSSR count). The van der Waals surface area contributed by atoms with Crippen LogP contribution in [0.15, 0.2) is 18.2 Å². The maximum atomic E-state index is 13.4. The van der Waals surface area contributed by atoms with Crippen LogP contribution in [-0.4, -0.2) is 78.5 Å². The third-order valence-corrected chi connectivity index (χ3v) is 7.82. The fourth-order valence-electron chi connectivity index (χ4n) is 5.34. The topological polar surface area (TPSA) is 107 Å². The molecule has 2 amide bonds.